The normalized spacial score (nSPS) is 21.4. The van der Waals surface area contributed by atoms with Gasteiger partial charge in [0.15, 0.2) is 0 Å². The molecule has 2 fully saturated rings. The van der Waals surface area contributed by atoms with E-state index >= 15 is 0 Å². The monoisotopic (exact) mass is 251 g/mol. The molecule has 2 heterocycles. The molecule has 1 aliphatic carbocycles. The number of nitrogens with one attached hydrogen (secondary N) is 1. The van der Waals surface area contributed by atoms with E-state index in [4.69, 9.17) is 4.74 Å². The highest BCUT2D eigenvalue weighted by Gasteiger charge is 2.26. The van der Waals surface area contributed by atoms with Gasteiger partial charge in [-0.2, -0.15) is 0 Å². The summed E-state index contributed by atoms with van der Waals surface area (Å²) in [5.74, 6) is 0.824. The number of amides is 1. The number of thiophene rings is 1. The number of hydrogen-bond acceptors (Lipinski definition) is 3. The average molecular weight is 251 g/mol. The molecule has 0 atom stereocenters. The fourth-order valence-electron chi connectivity index (χ4n) is 2.16. The van der Waals surface area contributed by atoms with E-state index < -0.39 is 0 Å². The zero-order valence-corrected chi connectivity index (χ0v) is 10.6. The molecule has 3 rings (SSSR count). The molecular formula is C13H17NO2S. The summed E-state index contributed by atoms with van der Waals surface area (Å²) in [7, 11) is 0. The van der Waals surface area contributed by atoms with E-state index in [1.54, 1.807) is 11.3 Å². The van der Waals surface area contributed by atoms with Crippen LogP contribution in [0.5, 0.6) is 0 Å². The van der Waals surface area contributed by atoms with Crippen molar-refractivity contribution in [2.24, 2.45) is 0 Å². The summed E-state index contributed by atoms with van der Waals surface area (Å²) < 4.78 is 5.28. The molecule has 1 N–H and O–H groups in total. The Hall–Kier alpha value is -0.870. The van der Waals surface area contributed by atoms with Crippen LogP contribution >= 0.6 is 11.3 Å². The molecule has 0 spiro atoms. The fraction of sp³-hybridized carbons (Fsp3) is 0.615. The van der Waals surface area contributed by atoms with Gasteiger partial charge in [0.25, 0.3) is 5.91 Å². The first-order chi connectivity index (χ1) is 8.33. The lowest BCUT2D eigenvalue weighted by molar-refractivity contribution is 0.0696. The van der Waals surface area contributed by atoms with Gasteiger partial charge in [-0.25, -0.2) is 0 Å². The van der Waals surface area contributed by atoms with Gasteiger partial charge >= 0.3 is 0 Å². The van der Waals surface area contributed by atoms with Gasteiger partial charge in [-0.3, -0.25) is 4.79 Å². The maximum atomic E-state index is 12.0. The molecular weight excluding hydrogens is 234 g/mol. The third-order valence-electron chi connectivity index (χ3n) is 3.42. The van der Waals surface area contributed by atoms with Crippen LogP contribution in [0.3, 0.4) is 0 Å². The van der Waals surface area contributed by atoms with Gasteiger partial charge in [-0.05, 0) is 37.7 Å². The minimum absolute atomic E-state index is 0.0834. The summed E-state index contributed by atoms with van der Waals surface area (Å²) >= 11 is 1.72. The van der Waals surface area contributed by atoms with Crippen molar-refractivity contribution in [3.8, 4) is 0 Å². The zero-order valence-electron chi connectivity index (χ0n) is 9.78. The van der Waals surface area contributed by atoms with Crippen LogP contribution in [-0.4, -0.2) is 25.2 Å². The molecule has 0 aromatic carbocycles. The molecule has 1 aliphatic heterocycles. The van der Waals surface area contributed by atoms with E-state index in [-0.39, 0.29) is 5.91 Å². The van der Waals surface area contributed by atoms with Crippen molar-refractivity contribution in [2.45, 2.75) is 37.6 Å². The first-order valence-electron chi connectivity index (χ1n) is 6.30. The third-order valence-corrected chi connectivity index (χ3v) is 4.51. The van der Waals surface area contributed by atoms with Gasteiger partial charge in [0.2, 0.25) is 0 Å². The lowest BCUT2D eigenvalue weighted by Gasteiger charge is -2.22. The molecule has 2 aliphatic rings. The summed E-state index contributed by atoms with van der Waals surface area (Å²) in [4.78, 5) is 13.4. The van der Waals surface area contributed by atoms with Crippen molar-refractivity contribution in [3.63, 3.8) is 0 Å². The number of rotatable bonds is 3. The first-order valence-corrected chi connectivity index (χ1v) is 7.18. The molecule has 3 nitrogen and oxygen atoms in total. The number of carbonyl (C=O) groups excluding carboxylic acids is 1. The van der Waals surface area contributed by atoms with Crippen LogP contribution in [0.25, 0.3) is 0 Å². The van der Waals surface area contributed by atoms with E-state index in [9.17, 15) is 4.79 Å². The van der Waals surface area contributed by atoms with Gasteiger partial charge in [0.1, 0.15) is 0 Å². The molecule has 92 valence electrons. The van der Waals surface area contributed by atoms with Crippen LogP contribution < -0.4 is 5.32 Å². The lowest BCUT2D eigenvalue weighted by atomic mass is 10.1. The summed E-state index contributed by atoms with van der Waals surface area (Å²) in [5, 5.41) is 5.08. The maximum absolute atomic E-state index is 12.0. The van der Waals surface area contributed by atoms with Crippen molar-refractivity contribution in [2.75, 3.05) is 13.2 Å². The number of carbonyl (C=O) groups is 1. The summed E-state index contributed by atoms with van der Waals surface area (Å²) in [6.07, 6.45) is 4.46. The topological polar surface area (TPSA) is 38.3 Å². The van der Waals surface area contributed by atoms with E-state index in [2.05, 4.69) is 11.4 Å². The van der Waals surface area contributed by atoms with Gasteiger partial charge < -0.3 is 10.1 Å². The smallest absolute Gasteiger partial charge is 0.252 e. The van der Waals surface area contributed by atoms with Crippen molar-refractivity contribution >= 4 is 17.2 Å². The van der Waals surface area contributed by atoms with Crippen molar-refractivity contribution in [3.05, 3.63) is 21.9 Å². The van der Waals surface area contributed by atoms with Crippen LogP contribution in [0.1, 0.15) is 46.8 Å². The minimum atomic E-state index is 0.0834. The zero-order chi connectivity index (χ0) is 11.7. The quantitative estimate of drug-likeness (QED) is 0.896. The van der Waals surface area contributed by atoms with E-state index in [1.165, 1.54) is 17.7 Å². The standard InChI is InChI=1S/C13H17NO2S/c15-13(14-11-3-5-16-6-4-11)10-7-12(17-8-10)9-1-2-9/h7-9,11H,1-6H2,(H,14,15). The second-order valence-electron chi connectivity index (χ2n) is 4.87. The summed E-state index contributed by atoms with van der Waals surface area (Å²) in [6, 6.07) is 2.36. The molecule has 1 aromatic rings. The molecule has 0 unspecified atom stereocenters. The molecule has 17 heavy (non-hydrogen) atoms. The largest absolute Gasteiger partial charge is 0.381 e. The Kier molecular flexibility index (Phi) is 3.16. The average Bonchev–Trinajstić information content (AvgIpc) is 3.08. The second-order valence-corrected chi connectivity index (χ2v) is 5.81. The molecule has 4 heteroatoms. The van der Waals surface area contributed by atoms with Crippen molar-refractivity contribution in [1.82, 2.24) is 5.32 Å². The SMILES string of the molecule is O=C(NC1CCOCC1)c1csc(C2CC2)c1. The fourth-order valence-corrected chi connectivity index (χ4v) is 3.23. The molecule has 1 saturated carbocycles. The predicted octanol–water partition coefficient (Wildman–Crippen LogP) is 2.53. The Balaban J connectivity index is 1.59. The Morgan fingerprint density at radius 2 is 2.06 bits per heavy atom. The van der Waals surface area contributed by atoms with Crippen LogP contribution in [0.2, 0.25) is 0 Å². The highest BCUT2D eigenvalue weighted by Crippen LogP contribution is 2.42. The molecule has 0 radical (unpaired) electrons. The van der Waals surface area contributed by atoms with Crippen molar-refractivity contribution < 1.29 is 9.53 Å². The summed E-state index contributed by atoms with van der Waals surface area (Å²) in [6.45, 7) is 1.53. The predicted molar refractivity (Wildman–Crippen MR) is 67.6 cm³/mol. The second kappa shape index (κ2) is 4.78. The maximum Gasteiger partial charge on any atom is 0.252 e. The minimum Gasteiger partial charge on any atom is -0.381 e. The first kappa shape index (κ1) is 11.2. The van der Waals surface area contributed by atoms with Crippen LogP contribution in [0.4, 0.5) is 0 Å². The highest BCUT2D eigenvalue weighted by molar-refractivity contribution is 7.10. The Bertz CT molecular complexity index is 405. The Morgan fingerprint density at radius 1 is 1.29 bits per heavy atom. The van der Waals surface area contributed by atoms with Crippen LogP contribution in [-0.2, 0) is 4.74 Å². The van der Waals surface area contributed by atoms with Crippen LogP contribution in [0, 0.1) is 0 Å². The van der Waals surface area contributed by atoms with Gasteiger partial charge in [0.05, 0.1) is 5.56 Å². The van der Waals surface area contributed by atoms with Crippen molar-refractivity contribution in [1.29, 1.82) is 0 Å². The third kappa shape index (κ3) is 2.69. The van der Waals surface area contributed by atoms with Gasteiger partial charge in [-0.1, -0.05) is 0 Å². The number of ether oxygens (including phenoxy) is 1. The Labute approximate surface area is 105 Å². The molecule has 1 saturated heterocycles. The molecule has 0 bridgehead atoms. The molecule has 1 aromatic heterocycles. The molecule has 1 amide bonds. The van der Waals surface area contributed by atoms with Gasteiger partial charge in [-0.15, -0.1) is 11.3 Å². The van der Waals surface area contributed by atoms with Crippen LogP contribution in [0.15, 0.2) is 11.4 Å². The summed E-state index contributed by atoms with van der Waals surface area (Å²) in [5.41, 5.74) is 0.836. The highest BCUT2D eigenvalue weighted by atomic mass is 32.1. The van der Waals surface area contributed by atoms with E-state index in [0.29, 0.717) is 6.04 Å². The lowest BCUT2D eigenvalue weighted by Crippen LogP contribution is -2.38. The Morgan fingerprint density at radius 3 is 2.76 bits per heavy atom. The number of hydrogen-bond donors (Lipinski definition) is 1. The van der Waals surface area contributed by atoms with E-state index in [0.717, 1.165) is 37.5 Å². The van der Waals surface area contributed by atoms with E-state index in [1.807, 2.05) is 5.38 Å². The van der Waals surface area contributed by atoms with Gasteiger partial charge in [0, 0.05) is 29.5 Å².